The maximum absolute atomic E-state index is 14.0. The molecule has 0 spiro atoms. The van der Waals surface area contributed by atoms with Gasteiger partial charge in [0.25, 0.3) is 0 Å². The van der Waals surface area contributed by atoms with E-state index in [2.05, 4.69) is 26.6 Å². The molecule has 0 saturated heterocycles. The highest BCUT2D eigenvalue weighted by Gasteiger charge is 2.34. The van der Waals surface area contributed by atoms with Crippen LogP contribution in [0.3, 0.4) is 0 Å². The Balaban J connectivity index is 3.02. The fourth-order valence-electron chi connectivity index (χ4n) is 7.95. The smallest absolute Gasteiger partial charge is 0.323 e. The van der Waals surface area contributed by atoms with Crippen LogP contribution in [0.15, 0.2) is 24.3 Å². The first-order valence-corrected chi connectivity index (χ1v) is 27.0. The molecule has 0 saturated carbocycles. The zero-order chi connectivity index (χ0) is 60.8. The summed E-state index contributed by atoms with van der Waals surface area (Å²) in [6.45, 7) is 18.6. The molecule has 0 aliphatic heterocycles. The number of aryl methyl sites for hydroxylation is 1. The van der Waals surface area contributed by atoms with E-state index < -0.39 is 95.7 Å². The van der Waals surface area contributed by atoms with Gasteiger partial charge in [-0.15, -0.1) is 0 Å². The summed E-state index contributed by atoms with van der Waals surface area (Å²) in [7, 11) is 1.38. The fourth-order valence-corrected chi connectivity index (χ4v) is 7.95. The number of carbonyl (C=O) groups is 12. The third-order valence-corrected chi connectivity index (χ3v) is 11.5. The van der Waals surface area contributed by atoms with Crippen molar-refractivity contribution in [1.29, 1.82) is 0 Å². The summed E-state index contributed by atoms with van der Waals surface area (Å²) >= 11 is 0. The fraction of sp³-hybridized carbons (Fsp3) is 0.679. The van der Waals surface area contributed by atoms with Crippen molar-refractivity contribution in [3.05, 3.63) is 35.4 Å². The van der Waals surface area contributed by atoms with Crippen molar-refractivity contribution >= 4 is 70.4 Å². The van der Waals surface area contributed by atoms with Crippen molar-refractivity contribution in [1.82, 2.24) is 41.3 Å². The maximum atomic E-state index is 14.0. The van der Waals surface area contributed by atoms with Crippen molar-refractivity contribution < 1.29 is 76.5 Å². The summed E-state index contributed by atoms with van der Waals surface area (Å²) in [4.78, 5) is 159. The van der Waals surface area contributed by atoms with Crippen LogP contribution in [0.25, 0.3) is 0 Å². The Bertz CT molecular complexity index is 2230. The standard InChI is InChI=1S/C56H90N8O16/c1-37-14-17-43(18-15-37)31-46(53(75)60-44(51(73)57-13)19-16-38(2)65)61-52(74)45(30-39(3)66)59-49(71)36-78-29-28-77-27-22-58-48(70)21-20-47(54(76)80-56(10,11)12)64(25-23-62(32-40(4)67)33-41(5)68)26-24-63(34-42(6)69)35-50(72)79-55(7,8)9/h14-15,17-18,44-47H,16,19-36H2,1-13H3,(H,57,73)(H,58,70)(H,59,71)(H,60,75)(H,61,74)/t44-,45+,46+,47+/m1/s1. The van der Waals surface area contributed by atoms with Crippen LogP contribution in [0.1, 0.15) is 119 Å². The molecule has 0 unspecified atom stereocenters. The average Bonchev–Trinajstić information content (AvgIpc) is 3.31. The van der Waals surface area contributed by atoms with Gasteiger partial charge in [0.1, 0.15) is 70.9 Å². The van der Waals surface area contributed by atoms with Crippen molar-refractivity contribution in [2.75, 3.05) is 92.4 Å². The molecule has 0 bridgehead atoms. The molecule has 0 fully saturated rings. The Morgan fingerprint density at radius 2 is 1.06 bits per heavy atom. The molecule has 24 nitrogen and oxygen atoms in total. The molecule has 1 aromatic carbocycles. The van der Waals surface area contributed by atoms with Gasteiger partial charge in [0, 0.05) is 65.5 Å². The van der Waals surface area contributed by atoms with Crippen LogP contribution < -0.4 is 26.6 Å². The molecule has 450 valence electrons. The molecule has 4 atom stereocenters. The predicted octanol–water partition coefficient (Wildman–Crippen LogP) is 0.741. The van der Waals surface area contributed by atoms with E-state index in [0.29, 0.717) is 5.56 Å². The van der Waals surface area contributed by atoms with E-state index >= 15 is 0 Å². The SMILES string of the molecule is CNC(=O)[C@@H](CCC(C)=O)NC(=O)[C@H](Cc1ccc(C)cc1)NC(=O)[C@H](CC(C)=O)NC(=O)COCCOCCNC(=O)CC[C@@H](C(=O)OC(C)(C)C)N(CCN(CC(C)=O)CC(C)=O)CCN(CC(C)=O)CC(=O)OC(C)(C)C. The molecule has 0 heterocycles. The Labute approximate surface area is 471 Å². The number of ether oxygens (including phenoxy) is 4. The number of carbonyl (C=O) groups excluding carboxylic acids is 12. The minimum absolute atomic E-state index is 0.00565. The number of hydrogen-bond donors (Lipinski definition) is 5. The molecule has 0 aromatic heterocycles. The molecule has 5 N–H and O–H groups in total. The van der Waals surface area contributed by atoms with Crippen LogP contribution >= 0.6 is 0 Å². The summed E-state index contributed by atoms with van der Waals surface area (Å²) in [5.41, 5.74) is -0.0620. The number of hydrogen-bond acceptors (Lipinski definition) is 19. The van der Waals surface area contributed by atoms with Gasteiger partial charge in [-0.2, -0.15) is 0 Å². The summed E-state index contributed by atoms with van der Waals surface area (Å²) in [6.07, 6.45) is -0.541. The first kappa shape index (κ1) is 71.7. The number of ketones is 5. The van der Waals surface area contributed by atoms with E-state index in [1.54, 1.807) is 68.4 Å². The number of likely N-dealkylation sites (N-methyl/N-ethyl adjacent to an activating group) is 1. The third-order valence-electron chi connectivity index (χ3n) is 11.5. The van der Waals surface area contributed by atoms with Crippen LogP contribution in [0.2, 0.25) is 0 Å². The van der Waals surface area contributed by atoms with E-state index in [0.717, 1.165) is 5.56 Å². The van der Waals surface area contributed by atoms with E-state index in [1.165, 1.54) is 41.7 Å². The van der Waals surface area contributed by atoms with Crippen molar-refractivity contribution in [2.24, 2.45) is 0 Å². The van der Waals surface area contributed by atoms with Crippen LogP contribution in [-0.4, -0.2) is 213 Å². The molecular formula is C56H90N8O16. The molecule has 0 aliphatic carbocycles. The van der Waals surface area contributed by atoms with Crippen LogP contribution in [-0.2, 0) is 82.9 Å². The Morgan fingerprint density at radius 3 is 1.57 bits per heavy atom. The zero-order valence-corrected chi connectivity index (χ0v) is 49.4. The average molecular weight is 1130 g/mol. The van der Waals surface area contributed by atoms with Gasteiger partial charge in [0.05, 0.1) is 46.0 Å². The van der Waals surface area contributed by atoms with Crippen LogP contribution in [0.4, 0.5) is 0 Å². The molecule has 0 aliphatic rings. The van der Waals surface area contributed by atoms with Crippen LogP contribution in [0.5, 0.6) is 0 Å². The van der Waals surface area contributed by atoms with Gasteiger partial charge in [-0.25, -0.2) is 0 Å². The number of amides is 5. The summed E-state index contributed by atoms with van der Waals surface area (Å²) in [6, 6.07) is 2.45. The number of Topliss-reactive ketones (excluding diaryl/α,β-unsaturated/α-hetero) is 5. The molecular weight excluding hydrogens is 1040 g/mol. The second kappa shape index (κ2) is 36.8. The molecule has 1 rings (SSSR count). The van der Waals surface area contributed by atoms with Gasteiger partial charge in [0.2, 0.25) is 29.5 Å². The van der Waals surface area contributed by atoms with Crippen molar-refractivity contribution in [3.63, 3.8) is 0 Å². The van der Waals surface area contributed by atoms with Gasteiger partial charge < -0.3 is 50.3 Å². The lowest BCUT2D eigenvalue weighted by atomic mass is 10.0. The normalized spacial score (nSPS) is 13.1. The predicted molar refractivity (Wildman–Crippen MR) is 296 cm³/mol. The van der Waals surface area contributed by atoms with Gasteiger partial charge in [-0.05, 0) is 101 Å². The van der Waals surface area contributed by atoms with E-state index in [-0.39, 0.29) is 134 Å². The van der Waals surface area contributed by atoms with E-state index in [4.69, 9.17) is 18.9 Å². The Kier molecular flexibility index (Phi) is 33.0. The molecule has 0 radical (unpaired) electrons. The lowest BCUT2D eigenvalue weighted by Gasteiger charge is -2.35. The molecule has 24 heteroatoms. The summed E-state index contributed by atoms with van der Waals surface area (Å²) < 4.78 is 22.3. The first-order valence-electron chi connectivity index (χ1n) is 27.0. The summed E-state index contributed by atoms with van der Waals surface area (Å²) in [5, 5.41) is 12.9. The first-order chi connectivity index (χ1) is 37.3. The number of rotatable bonds is 40. The Morgan fingerprint density at radius 1 is 0.537 bits per heavy atom. The van der Waals surface area contributed by atoms with Crippen molar-refractivity contribution in [2.45, 2.75) is 157 Å². The number of nitrogens with one attached hydrogen (secondary N) is 5. The van der Waals surface area contributed by atoms with Gasteiger partial charge in [-0.1, -0.05) is 29.8 Å². The van der Waals surface area contributed by atoms with E-state index in [9.17, 15) is 57.5 Å². The maximum Gasteiger partial charge on any atom is 0.323 e. The highest BCUT2D eigenvalue weighted by molar-refractivity contribution is 5.96. The van der Waals surface area contributed by atoms with Crippen LogP contribution in [0, 0.1) is 6.92 Å². The molecule has 80 heavy (non-hydrogen) atoms. The van der Waals surface area contributed by atoms with E-state index in [1.807, 2.05) is 19.1 Å². The number of esters is 2. The highest BCUT2D eigenvalue weighted by Crippen LogP contribution is 2.17. The molecule has 5 amide bonds. The van der Waals surface area contributed by atoms with Gasteiger partial charge in [0.15, 0.2) is 0 Å². The molecule has 1 aromatic rings. The van der Waals surface area contributed by atoms with Gasteiger partial charge >= 0.3 is 11.9 Å². The van der Waals surface area contributed by atoms with Gasteiger partial charge in [-0.3, -0.25) is 67.4 Å². The zero-order valence-electron chi connectivity index (χ0n) is 49.4. The van der Waals surface area contributed by atoms with Crippen molar-refractivity contribution in [3.8, 4) is 0 Å². The number of nitrogens with zero attached hydrogens (tertiary/aromatic N) is 3. The summed E-state index contributed by atoms with van der Waals surface area (Å²) in [5.74, 6) is -5.63. The Hall–Kier alpha value is -6.34. The lowest BCUT2D eigenvalue weighted by Crippen LogP contribution is -2.57. The second-order valence-electron chi connectivity index (χ2n) is 21.9. The number of benzene rings is 1. The second-order valence-corrected chi connectivity index (χ2v) is 21.9. The topological polar surface area (TPSA) is 312 Å². The largest absolute Gasteiger partial charge is 0.459 e. The minimum atomic E-state index is -1.40. The monoisotopic (exact) mass is 1130 g/mol. The lowest BCUT2D eigenvalue weighted by molar-refractivity contribution is -0.163. The quantitative estimate of drug-likeness (QED) is 0.0447. The minimum Gasteiger partial charge on any atom is -0.459 e. The highest BCUT2D eigenvalue weighted by atomic mass is 16.6. The third kappa shape index (κ3) is 33.9.